The molecule has 0 fully saturated rings. The van der Waals surface area contributed by atoms with Crippen LogP contribution >= 0.6 is 0 Å². The molecule has 0 saturated heterocycles. The van der Waals surface area contributed by atoms with Crippen molar-refractivity contribution in [3.8, 4) is 11.1 Å². The number of oxime groups is 1. The maximum atomic E-state index is 13.4. The number of carboxylic acid groups (broad SMARTS) is 1. The fourth-order valence-corrected chi connectivity index (χ4v) is 4.31. The molecule has 1 heterocycles. The number of hydrogen-bond acceptors (Lipinski definition) is 4. The minimum atomic E-state index is -4.56. The zero-order valence-electron chi connectivity index (χ0n) is 19.6. The number of rotatable bonds is 8. The highest BCUT2D eigenvalue weighted by molar-refractivity contribution is 5.88. The third-order valence-electron chi connectivity index (χ3n) is 6.19. The molecule has 1 aromatic heterocycles. The molecule has 8 heteroatoms. The fraction of sp³-hybridized carbons (Fsp3) is 0.138. The summed E-state index contributed by atoms with van der Waals surface area (Å²) in [6.45, 7) is 0. The van der Waals surface area contributed by atoms with E-state index in [1.165, 1.54) is 12.4 Å². The predicted octanol–water partition coefficient (Wildman–Crippen LogP) is 7.04. The second kappa shape index (κ2) is 11.1. The molecule has 188 valence electrons. The molecule has 2 N–H and O–H groups in total. The number of alkyl halides is 3. The Kier molecular flexibility index (Phi) is 7.67. The number of aryl methyl sites for hydroxylation is 1. The molecule has 0 unspecified atom stereocenters. The fourth-order valence-electron chi connectivity index (χ4n) is 4.31. The van der Waals surface area contributed by atoms with Crippen LogP contribution in [0.25, 0.3) is 11.1 Å². The summed E-state index contributed by atoms with van der Waals surface area (Å²) in [7, 11) is 0. The van der Waals surface area contributed by atoms with E-state index in [-0.39, 0.29) is 5.56 Å². The number of aromatic carboxylic acids is 1. The monoisotopic (exact) mass is 504 g/mol. The molecule has 0 aliphatic heterocycles. The summed E-state index contributed by atoms with van der Waals surface area (Å²) in [6, 6.07) is 24.1. The van der Waals surface area contributed by atoms with Gasteiger partial charge in [-0.2, -0.15) is 13.2 Å². The Morgan fingerprint density at radius 3 is 2.22 bits per heavy atom. The summed E-state index contributed by atoms with van der Waals surface area (Å²) in [6.07, 6.45) is -1.04. The highest BCUT2D eigenvalue weighted by Crippen LogP contribution is 2.35. The first-order chi connectivity index (χ1) is 17.8. The van der Waals surface area contributed by atoms with Gasteiger partial charge in [0.2, 0.25) is 0 Å². The quantitative estimate of drug-likeness (QED) is 0.153. The zero-order chi connectivity index (χ0) is 26.4. The minimum absolute atomic E-state index is 0.211. The zero-order valence-corrected chi connectivity index (χ0v) is 19.6. The number of carboxylic acids is 1. The Hall–Kier alpha value is -4.46. The van der Waals surface area contributed by atoms with Gasteiger partial charge in [0, 0.05) is 12.1 Å². The average Bonchev–Trinajstić information content (AvgIpc) is 2.90. The van der Waals surface area contributed by atoms with E-state index in [1.54, 1.807) is 48.5 Å². The van der Waals surface area contributed by atoms with Gasteiger partial charge in [-0.15, -0.1) is 0 Å². The minimum Gasteiger partial charge on any atom is -0.478 e. The number of benzene rings is 3. The van der Waals surface area contributed by atoms with Gasteiger partial charge in [0.25, 0.3) is 0 Å². The number of carbonyl (C=O) groups is 1. The molecule has 0 bridgehead atoms. The van der Waals surface area contributed by atoms with E-state index < -0.39 is 23.8 Å². The van der Waals surface area contributed by atoms with Crippen LogP contribution < -0.4 is 0 Å². The van der Waals surface area contributed by atoms with E-state index in [0.29, 0.717) is 24.0 Å². The molecule has 0 amide bonds. The maximum absolute atomic E-state index is 13.4. The normalized spacial score (nSPS) is 12.5. The number of hydrogen-bond donors (Lipinski definition) is 2. The van der Waals surface area contributed by atoms with Crippen molar-refractivity contribution in [3.63, 3.8) is 0 Å². The summed E-state index contributed by atoms with van der Waals surface area (Å²) < 4.78 is 40.1. The van der Waals surface area contributed by atoms with Crippen LogP contribution in [0.5, 0.6) is 0 Å². The van der Waals surface area contributed by atoms with Crippen molar-refractivity contribution >= 4 is 12.2 Å². The van der Waals surface area contributed by atoms with Crippen LogP contribution in [-0.4, -0.2) is 27.5 Å². The van der Waals surface area contributed by atoms with Crippen LogP contribution in [0.15, 0.2) is 96.3 Å². The standard InChI is InChI=1S/C29H23F3N2O3/c30-29(31,32)27-17-23(15-16-33-27)26(25-4-2-1-3-24(25)18-34-37)14-7-19-5-8-20(9-6-19)21-10-12-22(13-11-21)28(35)36/h1-6,8-13,15-18,26,37H,7,14H2,(H,35,36)/b34-18-/t26-/m1/s1. The topological polar surface area (TPSA) is 82.8 Å². The van der Waals surface area contributed by atoms with Gasteiger partial charge in [-0.1, -0.05) is 65.8 Å². The first kappa shape index (κ1) is 25.6. The highest BCUT2D eigenvalue weighted by Gasteiger charge is 2.33. The second-order valence-electron chi connectivity index (χ2n) is 8.52. The van der Waals surface area contributed by atoms with E-state index in [4.69, 9.17) is 10.3 Å². The van der Waals surface area contributed by atoms with E-state index in [0.717, 1.165) is 28.3 Å². The van der Waals surface area contributed by atoms with Gasteiger partial charge < -0.3 is 10.3 Å². The summed E-state index contributed by atoms with van der Waals surface area (Å²) in [4.78, 5) is 14.6. The molecule has 0 saturated carbocycles. The number of halogens is 3. The van der Waals surface area contributed by atoms with Gasteiger partial charge in [0.1, 0.15) is 5.69 Å². The van der Waals surface area contributed by atoms with Gasteiger partial charge in [-0.25, -0.2) is 4.79 Å². The lowest BCUT2D eigenvalue weighted by Gasteiger charge is -2.21. The third-order valence-corrected chi connectivity index (χ3v) is 6.19. The third kappa shape index (κ3) is 6.22. The van der Waals surface area contributed by atoms with E-state index in [1.807, 2.05) is 30.3 Å². The number of pyridine rings is 1. The smallest absolute Gasteiger partial charge is 0.433 e. The van der Waals surface area contributed by atoms with Crippen LogP contribution in [0, 0.1) is 0 Å². The Balaban J connectivity index is 1.61. The molecule has 3 aromatic carbocycles. The lowest BCUT2D eigenvalue weighted by atomic mass is 9.84. The van der Waals surface area contributed by atoms with Crippen molar-refractivity contribution in [2.45, 2.75) is 24.9 Å². The van der Waals surface area contributed by atoms with Gasteiger partial charge >= 0.3 is 12.1 Å². The average molecular weight is 505 g/mol. The summed E-state index contributed by atoms with van der Waals surface area (Å²) in [5.74, 6) is -1.39. The lowest BCUT2D eigenvalue weighted by Crippen LogP contribution is -2.11. The largest absolute Gasteiger partial charge is 0.478 e. The van der Waals surface area contributed by atoms with Crippen molar-refractivity contribution in [2.24, 2.45) is 5.16 Å². The van der Waals surface area contributed by atoms with Crippen molar-refractivity contribution in [2.75, 3.05) is 0 Å². The number of nitrogens with zero attached hydrogens (tertiary/aromatic N) is 2. The van der Waals surface area contributed by atoms with Crippen molar-refractivity contribution in [3.05, 3.63) is 125 Å². The predicted molar refractivity (Wildman–Crippen MR) is 134 cm³/mol. The van der Waals surface area contributed by atoms with Gasteiger partial charge in [-0.3, -0.25) is 4.98 Å². The summed E-state index contributed by atoms with van der Waals surface area (Å²) >= 11 is 0. The first-order valence-corrected chi connectivity index (χ1v) is 11.5. The highest BCUT2D eigenvalue weighted by atomic mass is 19.4. The van der Waals surface area contributed by atoms with Crippen LogP contribution in [-0.2, 0) is 12.6 Å². The Labute approximate surface area is 211 Å². The maximum Gasteiger partial charge on any atom is 0.433 e. The summed E-state index contributed by atoms with van der Waals surface area (Å²) in [5, 5.41) is 21.3. The van der Waals surface area contributed by atoms with E-state index in [9.17, 15) is 18.0 Å². The molecule has 0 aliphatic carbocycles. The Morgan fingerprint density at radius 2 is 1.59 bits per heavy atom. The van der Waals surface area contributed by atoms with Crippen LogP contribution in [0.1, 0.15) is 50.6 Å². The molecule has 0 radical (unpaired) electrons. The molecule has 4 rings (SSSR count). The van der Waals surface area contributed by atoms with Crippen LogP contribution in [0.2, 0.25) is 0 Å². The van der Waals surface area contributed by atoms with Crippen molar-refractivity contribution < 1.29 is 28.3 Å². The van der Waals surface area contributed by atoms with Crippen LogP contribution in [0.3, 0.4) is 0 Å². The molecule has 0 aliphatic rings. The Bertz CT molecular complexity index is 1400. The molecule has 5 nitrogen and oxygen atoms in total. The SMILES string of the molecule is O=C(O)c1ccc(-c2ccc(CC[C@H](c3ccnc(C(F)(F)F)c3)c3ccccc3/C=N\O)cc2)cc1. The first-order valence-electron chi connectivity index (χ1n) is 11.5. The lowest BCUT2D eigenvalue weighted by molar-refractivity contribution is -0.141. The van der Waals surface area contributed by atoms with Gasteiger partial charge in [0.05, 0.1) is 11.8 Å². The molecular weight excluding hydrogens is 481 g/mol. The number of aromatic nitrogens is 1. The molecule has 0 spiro atoms. The second-order valence-corrected chi connectivity index (χ2v) is 8.52. The van der Waals surface area contributed by atoms with Gasteiger partial charge in [-0.05, 0) is 70.5 Å². The molecule has 1 atom stereocenters. The van der Waals surface area contributed by atoms with E-state index >= 15 is 0 Å². The van der Waals surface area contributed by atoms with Crippen molar-refractivity contribution in [1.82, 2.24) is 4.98 Å². The van der Waals surface area contributed by atoms with Crippen LogP contribution in [0.4, 0.5) is 13.2 Å². The van der Waals surface area contributed by atoms with E-state index in [2.05, 4.69) is 10.1 Å². The molecule has 37 heavy (non-hydrogen) atoms. The summed E-state index contributed by atoms with van der Waals surface area (Å²) in [5.41, 5.74) is 3.87. The molecular formula is C29H23F3N2O3. The Morgan fingerprint density at radius 1 is 0.946 bits per heavy atom. The molecule has 4 aromatic rings. The van der Waals surface area contributed by atoms with Crippen molar-refractivity contribution in [1.29, 1.82) is 0 Å². The van der Waals surface area contributed by atoms with Gasteiger partial charge in [0.15, 0.2) is 0 Å².